The molecule has 6 heteroatoms. The Balaban J connectivity index is 2.56. The summed E-state index contributed by atoms with van der Waals surface area (Å²) in [5.41, 5.74) is 0.225. The molecule has 0 spiro atoms. The zero-order valence-corrected chi connectivity index (χ0v) is 11.6. The van der Waals surface area contributed by atoms with E-state index in [2.05, 4.69) is 5.32 Å². The summed E-state index contributed by atoms with van der Waals surface area (Å²) >= 11 is 0. The zero-order valence-electron chi connectivity index (χ0n) is 10.7. The first-order valence-electron chi connectivity index (χ1n) is 6.41. The third kappa shape index (κ3) is 2.95. The molecular formula is C13H17F2NO2S. The number of benzene rings is 1. The van der Waals surface area contributed by atoms with Gasteiger partial charge in [0.2, 0.25) is 0 Å². The Morgan fingerprint density at radius 2 is 2.11 bits per heavy atom. The van der Waals surface area contributed by atoms with Crippen LogP contribution in [0.4, 0.5) is 8.78 Å². The van der Waals surface area contributed by atoms with Crippen molar-refractivity contribution in [3.8, 4) is 0 Å². The predicted molar refractivity (Wildman–Crippen MR) is 68.7 cm³/mol. The average Bonchev–Trinajstić information content (AvgIpc) is 2.43. The topological polar surface area (TPSA) is 46.2 Å². The first-order valence-corrected chi connectivity index (χ1v) is 8.06. The maximum absolute atomic E-state index is 13.9. The summed E-state index contributed by atoms with van der Waals surface area (Å²) in [7, 11) is -3.67. The second kappa shape index (κ2) is 5.54. The smallest absolute Gasteiger partial charge is 0.181 e. The van der Waals surface area contributed by atoms with Crippen molar-refractivity contribution in [1.82, 2.24) is 5.32 Å². The van der Waals surface area contributed by atoms with Crippen LogP contribution in [-0.2, 0) is 9.84 Å². The largest absolute Gasteiger partial charge is 0.310 e. The molecule has 1 aromatic rings. The summed E-state index contributed by atoms with van der Waals surface area (Å²) in [4.78, 5) is -0.333. The van der Waals surface area contributed by atoms with Gasteiger partial charge in [-0.15, -0.1) is 0 Å². The first kappa shape index (κ1) is 14.4. The fourth-order valence-electron chi connectivity index (χ4n) is 2.43. The number of fused-ring (bicyclic) bond motifs is 1. The van der Waals surface area contributed by atoms with Gasteiger partial charge >= 0.3 is 0 Å². The van der Waals surface area contributed by atoms with Crippen molar-refractivity contribution in [2.45, 2.75) is 37.1 Å². The van der Waals surface area contributed by atoms with Crippen molar-refractivity contribution in [1.29, 1.82) is 0 Å². The Labute approximate surface area is 111 Å². The lowest BCUT2D eigenvalue weighted by molar-refractivity contribution is 0.478. The second-order valence-corrected chi connectivity index (χ2v) is 6.82. The predicted octanol–water partition coefficient (Wildman–Crippen LogP) is 2.57. The minimum absolute atomic E-state index is 0.0904. The molecule has 1 aliphatic rings. The number of halogens is 2. The van der Waals surface area contributed by atoms with Crippen LogP contribution in [0.15, 0.2) is 17.0 Å². The van der Waals surface area contributed by atoms with E-state index in [-0.39, 0.29) is 22.3 Å². The van der Waals surface area contributed by atoms with Gasteiger partial charge in [-0.3, -0.25) is 0 Å². The molecule has 0 saturated carbocycles. The molecule has 1 heterocycles. The standard InChI is InChI=1S/C13H17F2NO2S/c1-2-5-16-12-4-3-6-19(17,18)13-10(12)7-9(14)8-11(13)15/h7-8,12,16H,2-6H2,1H3. The Kier molecular flexibility index (Phi) is 4.20. The van der Waals surface area contributed by atoms with Crippen molar-refractivity contribution in [3.05, 3.63) is 29.3 Å². The van der Waals surface area contributed by atoms with Crippen molar-refractivity contribution >= 4 is 9.84 Å². The van der Waals surface area contributed by atoms with Crippen molar-refractivity contribution in [2.24, 2.45) is 0 Å². The minimum atomic E-state index is -3.67. The number of sulfone groups is 1. The van der Waals surface area contributed by atoms with E-state index >= 15 is 0 Å². The van der Waals surface area contributed by atoms with Gasteiger partial charge in [-0.2, -0.15) is 0 Å². The lowest BCUT2D eigenvalue weighted by Crippen LogP contribution is -2.23. The molecule has 0 bridgehead atoms. The van der Waals surface area contributed by atoms with Crippen LogP contribution in [0.2, 0.25) is 0 Å². The maximum atomic E-state index is 13.9. The average molecular weight is 289 g/mol. The van der Waals surface area contributed by atoms with Crippen LogP contribution >= 0.6 is 0 Å². The Bertz CT molecular complexity index is 572. The maximum Gasteiger partial charge on any atom is 0.181 e. The van der Waals surface area contributed by atoms with Crippen LogP contribution < -0.4 is 5.32 Å². The van der Waals surface area contributed by atoms with Crippen LogP contribution in [0.5, 0.6) is 0 Å². The fourth-order valence-corrected chi connectivity index (χ4v) is 4.10. The van der Waals surface area contributed by atoms with Gasteiger partial charge in [0.25, 0.3) is 0 Å². The Morgan fingerprint density at radius 3 is 2.79 bits per heavy atom. The Hall–Kier alpha value is -1.01. The third-order valence-electron chi connectivity index (χ3n) is 3.27. The van der Waals surface area contributed by atoms with Crippen molar-refractivity contribution < 1.29 is 17.2 Å². The van der Waals surface area contributed by atoms with Crippen LogP contribution in [-0.4, -0.2) is 20.7 Å². The van der Waals surface area contributed by atoms with Crippen LogP contribution in [0.25, 0.3) is 0 Å². The molecular weight excluding hydrogens is 272 g/mol. The summed E-state index contributed by atoms with van der Waals surface area (Å²) in [6.45, 7) is 2.66. The highest BCUT2D eigenvalue weighted by Gasteiger charge is 2.31. The molecule has 1 aliphatic heterocycles. The van der Waals surface area contributed by atoms with Gasteiger partial charge in [0.15, 0.2) is 9.84 Å². The third-order valence-corrected chi connectivity index (χ3v) is 5.15. The van der Waals surface area contributed by atoms with E-state index in [0.29, 0.717) is 25.5 Å². The molecule has 1 unspecified atom stereocenters. The van der Waals surface area contributed by atoms with E-state index < -0.39 is 21.5 Å². The first-order chi connectivity index (χ1) is 8.95. The Morgan fingerprint density at radius 1 is 1.37 bits per heavy atom. The molecule has 1 aromatic carbocycles. The van der Waals surface area contributed by atoms with E-state index in [1.165, 1.54) is 0 Å². The fraction of sp³-hybridized carbons (Fsp3) is 0.538. The molecule has 2 rings (SSSR count). The number of hydrogen-bond acceptors (Lipinski definition) is 3. The number of nitrogens with one attached hydrogen (secondary N) is 1. The van der Waals surface area contributed by atoms with Crippen LogP contribution in [0.1, 0.15) is 37.8 Å². The summed E-state index contributed by atoms with van der Waals surface area (Å²) < 4.78 is 51.3. The highest BCUT2D eigenvalue weighted by atomic mass is 32.2. The molecule has 1 N–H and O–H groups in total. The van der Waals surface area contributed by atoms with Gasteiger partial charge in [-0.05, 0) is 37.4 Å². The summed E-state index contributed by atoms with van der Waals surface area (Å²) in [6.07, 6.45) is 1.88. The van der Waals surface area contributed by atoms with Gasteiger partial charge in [0.05, 0.1) is 5.75 Å². The quantitative estimate of drug-likeness (QED) is 0.870. The van der Waals surface area contributed by atoms with Crippen LogP contribution in [0, 0.1) is 11.6 Å². The van der Waals surface area contributed by atoms with Gasteiger partial charge < -0.3 is 5.32 Å². The van der Waals surface area contributed by atoms with Gasteiger partial charge in [0, 0.05) is 12.1 Å². The highest BCUT2D eigenvalue weighted by Crippen LogP contribution is 2.33. The van der Waals surface area contributed by atoms with Crippen LogP contribution in [0.3, 0.4) is 0 Å². The summed E-state index contributed by atoms with van der Waals surface area (Å²) in [5, 5.41) is 3.16. The molecule has 0 saturated heterocycles. The lowest BCUT2D eigenvalue weighted by atomic mass is 10.0. The van der Waals surface area contributed by atoms with E-state index in [1.807, 2.05) is 6.92 Å². The van der Waals surface area contributed by atoms with Gasteiger partial charge in [0.1, 0.15) is 16.5 Å². The SMILES string of the molecule is CCCNC1CCCS(=O)(=O)c2c(F)cc(F)cc21. The molecule has 0 fully saturated rings. The van der Waals surface area contributed by atoms with E-state index in [4.69, 9.17) is 0 Å². The molecule has 0 aliphatic carbocycles. The number of rotatable bonds is 3. The molecule has 3 nitrogen and oxygen atoms in total. The number of hydrogen-bond donors (Lipinski definition) is 1. The lowest BCUT2D eigenvalue weighted by Gasteiger charge is -2.18. The summed E-state index contributed by atoms with van der Waals surface area (Å²) in [5.74, 6) is -1.82. The molecule has 0 radical (unpaired) electrons. The zero-order chi connectivity index (χ0) is 14.0. The normalized spacial score (nSPS) is 21.7. The van der Waals surface area contributed by atoms with Gasteiger partial charge in [-0.1, -0.05) is 6.92 Å². The molecule has 0 aromatic heterocycles. The molecule has 19 heavy (non-hydrogen) atoms. The highest BCUT2D eigenvalue weighted by molar-refractivity contribution is 7.91. The molecule has 106 valence electrons. The van der Waals surface area contributed by atoms with Crippen molar-refractivity contribution in [2.75, 3.05) is 12.3 Å². The second-order valence-electron chi connectivity index (χ2n) is 4.77. The monoisotopic (exact) mass is 289 g/mol. The van der Waals surface area contributed by atoms with E-state index in [0.717, 1.165) is 12.5 Å². The minimum Gasteiger partial charge on any atom is -0.310 e. The molecule has 0 amide bonds. The summed E-state index contributed by atoms with van der Waals surface area (Å²) in [6, 6.07) is 1.46. The van der Waals surface area contributed by atoms with Crippen molar-refractivity contribution in [3.63, 3.8) is 0 Å². The van der Waals surface area contributed by atoms with E-state index in [9.17, 15) is 17.2 Å². The van der Waals surface area contributed by atoms with Gasteiger partial charge in [-0.25, -0.2) is 17.2 Å². The van der Waals surface area contributed by atoms with E-state index in [1.54, 1.807) is 0 Å². The molecule has 1 atom stereocenters.